The Labute approximate surface area is 125 Å². The van der Waals surface area contributed by atoms with Gasteiger partial charge in [0, 0.05) is 13.1 Å². The standard InChI is InChI=1S/C12H14N4O3S2/c13-11-8-16(14-19-11)15-6-7-20-12(9-15)21(17,18)10-4-2-1-3-5-10/h1-5,8,12-13H,6-7,9H2. The fourth-order valence-electron chi connectivity index (χ4n) is 2.11. The quantitative estimate of drug-likeness (QED) is 0.764. The summed E-state index contributed by atoms with van der Waals surface area (Å²) in [6.07, 6.45) is 1.42. The summed E-state index contributed by atoms with van der Waals surface area (Å²) in [6, 6.07) is 8.45. The van der Waals surface area contributed by atoms with Crippen LogP contribution in [0.4, 0.5) is 0 Å². The zero-order valence-electron chi connectivity index (χ0n) is 11.0. The lowest BCUT2D eigenvalue weighted by Gasteiger charge is -2.32. The van der Waals surface area contributed by atoms with Crippen LogP contribution in [-0.2, 0) is 9.84 Å². The van der Waals surface area contributed by atoms with Crippen molar-refractivity contribution in [1.29, 1.82) is 5.41 Å². The zero-order chi connectivity index (χ0) is 14.9. The number of nitrogens with zero attached hydrogens (tertiary/aromatic N) is 3. The predicted molar refractivity (Wildman–Crippen MR) is 75.9 cm³/mol. The minimum Gasteiger partial charge on any atom is -0.380 e. The number of nitrogens with one attached hydrogen (secondary N) is 1. The van der Waals surface area contributed by atoms with Crippen LogP contribution in [0.25, 0.3) is 0 Å². The van der Waals surface area contributed by atoms with Crippen LogP contribution in [0.2, 0.25) is 0 Å². The summed E-state index contributed by atoms with van der Waals surface area (Å²) in [5, 5.41) is 12.8. The molecule has 1 aliphatic heterocycles. The first-order chi connectivity index (χ1) is 10.1. The molecule has 0 aliphatic carbocycles. The van der Waals surface area contributed by atoms with Crippen molar-refractivity contribution in [2.24, 2.45) is 0 Å². The highest BCUT2D eigenvalue weighted by molar-refractivity contribution is 8.13. The number of rotatable bonds is 3. The molecule has 0 bridgehead atoms. The molecular weight excluding hydrogens is 312 g/mol. The van der Waals surface area contributed by atoms with Crippen molar-refractivity contribution in [3.05, 3.63) is 42.1 Å². The number of benzene rings is 1. The maximum Gasteiger partial charge on any atom is 0.286 e. The van der Waals surface area contributed by atoms with E-state index < -0.39 is 14.4 Å². The lowest BCUT2D eigenvalue weighted by Crippen LogP contribution is -2.65. The topological polar surface area (TPSA) is 92.4 Å². The fraction of sp³-hybridized carbons (Fsp3) is 0.333. The van der Waals surface area contributed by atoms with Gasteiger partial charge in [-0.05, 0) is 23.2 Å². The lowest BCUT2D eigenvalue weighted by atomic mass is 10.4. The van der Waals surface area contributed by atoms with Gasteiger partial charge in [-0.2, -0.15) is 0 Å². The van der Waals surface area contributed by atoms with E-state index in [1.165, 1.54) is 22.7 Å². The van der Waals surface area contributed by atoms with Crippen LogP contribution >= 0.6 is 11.8 Å². The average molecular weight is 326 g/mol. The Balaban J connectivity index is 1.85. The second-order valence-corrected chi connectivity index (χ2v) is 8.30. The summed E-state index contributed by atoms with van der Waals surface area (Å²) >= 11 is 1.42. The predicted octanol–water partition coefficient (Wildman–Crippen LogP) is -0.511. The molecule has 21 heavy (non-hydrogen) atoms. The van der Waals surface area contributed by atoms with Crippen molar-refractivity contribution in [1.82, 2.24) is 5.27 Å². The lowest BCUT2D eigenvalue weighted by molar-refractivity contribution is -0.763. The maximum atomic E-state index is 12.6. The van der Waals surface area contributed by atoms with Gasteiger partial charge in [0.1, 0.15) is 4.58 Å². The van der Waals surface area contributed by atoms with Crippen LogP contribution in [0.3, 0.4) is 0 Å². The maximum absolute atomic E-state index is 12.6. The SMILES string of the molecule is N=c1c[n+](N2CCSC(S(=O)(=O)c3ccccc3)C2)[n-]o1. The van der Waals surface area contributed by atoms with Gasteiger partial charge in [0.15, 0.2) is 9.84 Å². The number of sulfone groups is 1. The van der Waals surface area contributed by atoms with Gasteiger partial charge in [-0.15, -0.1) is 11.8 Å². The Kier molecular flexibility index (Phi) is 3.77. The summed E-state index contributed by atoms with van der Waals surface area (Å²) < 4.78 is 29.4. The molecule has 1 aliphatic rings. The highest BCUT2D eigenvalue weighted by Crippen LogP contribution is 2.27. The molecule has 1 saturated heterocycles. The first kappa shape index (κ1) is 14.2. The largest absolute Gasteiger partial charge is 0.380 e. The molecule has 1 fully saturated rings. The van der Waals surface area contributed by atoms with Gasteiger partial charge in [-0.1, -0.05) is 23.0 Å². The van der Waals surface area contributed by atoms with Crippen molar-refractivity contribution in [2.45, 2.75) is 9.48 Å². The summed E-state index contributed by atoms with van der Waals surface area (Å²) in [6.45, 7) is 0.959. The van der Waals surface area contributed by atoms with Gasteiger partial charge in [0.2, 0.25) is 0 Å². The van der Waals surface area contributed by atoms with E-state index in [0.717, 1.165) is 0 Å². The third kappa shape index (κ3) is 2.84. The molecule has 0 saturated carbocycles. The van der Waals surface area contributed by atoms with Crippen LogP contribution in [0.5, 0.6) is 0 Å². The third-order valence-corrected chi connectivity index (χ3v) is 7.05. The van der Waals surface area contributed by atoms with Crippen LogP contribution in [0.15, 0.2) is 45.9 Å². The molecule has 1 aromatic carbocycles. The van der Waals surface area contributed by atoms with Crippen molar-refractivity contribution in [2.75, 3.05) is 23.9 Å². The Morgan fingerprint density at radius 1 is 1.38 bits per heavy atom. The number of aromatic nitrogens is 2. The molecule has 2 heterocycles. The minimum atomic E-state index is -3.39. The van der Waals surface area contributed by atoms with Gasteiger partial charge in [-0.25, -0.2) is 8.42 Å². The molecule has 0 radical (unpaired) electrons. The van der Waals surface area contributed by atoms with Crippen molar-refractivity contribution in [3.63, 3.8) is 0 Å². The molecule has 112 valence electrons. The molecule has 9 heteroatoms. The summed E-state index contributed by atoms with van der Waals surface area (Å²) in [7, 11) is -3.39. The third-order valence-electron chi connectivity index (χ3n) is 3.18. The van der Waals surface area contributed by atoms with E-state index in [4.69, 9.17) is 9.93 Å². The average Bonchev–Trinajstić information content (AvgIpc) is 2.95. The smallest absolute Gasteiger partial charge is 0.286 e. The van der Waals surface area contributed by atoms with Gasteiger partial charge in [0.25, 0.3) is 11.8 Å². The van der Waals surface area contributed by atoms with Gasteiger partial charge in [-0.3, -0.25) is 10.4 Å². The molecule has 1 unspecified atom stereocenters. The summed E-state index contributed by atoms with van der Waals surface area (Å²) in [5.41, 5.74) is -0.0595. The number of hydrogen-bond acceptors (Lipinski definition) is 6. The number of hydrogen-bond donors (Lipinski definition) is 1. The second-order valence-electron chi connectivity index (χ2n) is 4.56. The van der Waals surface area contributed by atoms with Crippen LogP contribution in [0, 0.1) is 5.41 Å². The molecule has 0 spiro atoms. The first-order valence-electron chi connectivity index (χ1n) is 6.33. The van der Waals surface area contributed by atoms with Crippen molar-refractivity contribution in [3.8, 4) is 0 Å². The zero-order valence-corrected chi connectivity index (χ0v) is 12.7. The van der Waals surface area contributed by atoms with Gasteiger partial charge in [0.05, 0.1) is 4.90 Å². The van der Waals surface area contributed by atoms with E-state index in [1.54, 1.807) is 35.3 Å². The Hall–Kier alpha value is -1.74. The number of thioether (sulfide) groups is 1. The van der Waals surface area contributed by atoms with Gasteiger partial charge < -0.3 is 4.52 Å². The van der Waals surface area contributed by atoms with E-state index in [9.17, 15) is 8.42 Å². The molecule has 7 nitrogen and oxygen atoms in total. The normalized spacial score (nSPS) is 19.6. The van der Waals surface area contributed by atoms with E-state index in [1.807, 2.05) is 0 Å². The molecular formula is C12H14N4O3S2. The van der Waals surface area contributed by atoms with Crippen molar-refractivity contribution >= 4 is 21.6 Å². The first-order valence-corrected chi connectivity index (χ1v) is 8.93. The molecule has 1 N–H and O–H groups in total. The highest BCUT2D eigenvalue weighted by atomic mass is 32.3. The summed E-state index contributed by atoms with van der Waals surface area (Å²) in [4.78, 5) is 1.73. The fourth-order valence-corrected chi connectivity index (χ4v) is 5.52. The van der Waals surface area contributed by atoms with E-state index in [2.05, 4.69) is 5.27 Å². The molecule has 2 aromatic rings. The highest BCUT2D eigenvalue weighted by Gasteiger charge is 2.32. The van der Waals surface area contributed by atoms with E-state index in [-0.39, 0.29) is 5.55 Å². The van der Waals surface area contributed by atoms with Gasteiger partial charge >= 0.3 is 0 Å². The Bertz CT molecular complexity index is 769. The molecule has 3 rings (SSSR count). The molecule has 0 amide bonds. The van der Waals surface area contributed by atoms with Crippen LogP contribution in [-0.4, -0.2) is 31.8 Å². The van der Waals surface area contributed by atoms with E-state index in [0.29, 0.717) is 23.7 Å². The molecule has 1 aromatic heterocycles. The second kappa shape index (κ2) is 5.57. The Morgan fingerprint density at radius 3 is 2.81 bits per heavy atom. The minimum absolute atomic E-state index is 0.0595. The van der Waals surface area contributed by atoms with Crippen LogP contribution in [0.1, 0.15) is 0 Å². The monoisotopic (exact) mass is 326 g/mol. The van der Waals surface area contributed by atoms with Crippen LogP contribution < -0.4 is 20.6 Å². The molecule has 1 atom stereocenters. The summed E-state index contributed by atoms with van der Waals surface area (Å²) in [5.74, 6) is 0.671. The Morgan fingerprint density at radius 2 is 2.14 bits per heavy atom. The van der Waals surface area contributed by atoms with E-state index >= 15 is 0 Å². The van der Waals surface area contributed by atoms with Crippen molar-refractivity contribution < 1.29 is 17.7 Å².